The number of aliphatic hydroxyl groups excluding tert-OH is 1. The molecule has 1 aliphatic rings. The van der Waals surface area contributed by atoms with E-state index in [2.05, 4.69) is 26.0 Å². The summed E-state index contributed by atoms with van der Waals surface area (Å²) in [5.74, 6) is 1.41. The maximum atomic E-state index is 10.3. The summed E-state index contributed by atoms with van der Waals surface area (Å²) in [4.78, 5) is 2.47. The van der Waals surface area contributed by atoms with Crippen LogP contribution in [0.1, 0.15) is 54.9 Å². The molecule has 0 radical (unpaired) electrons. The summed E-state index contributed by atoms with van der Waals surface area (Å²) in [6.45, 7) is 4.39. The van der Waals surface area contributed by atoms with Gasteiger partial charge in [-0.2, -0.15) is 0 Å². The average Bonchev–Trinajstić information content (AvgIpc) is 2.75. The highest BCUT2D eigenvalue weighted by molar-refractivity contribution is 7.12. The van der Waals surface area contributed by atoms with E-state index in [0.717, 1.165) is 10.8 Å². The standard InChI is InChI=1S/C14H22OS/c1-3-11-5-7-12(8-6-11)14(15)13-9-4-10(2)16-13/h4,9,11-12,14-15H,3,5-8H2,1-2H3. The highest BCUT2D eigenvalue weighted by Gasteiger charge is 2.27. The van der Waals surface area contributed by atoms with Gasteiger partial charge in [0.25, 0.3) is 0 Å². The molecule has 2 heteroatoms. The normalized spacial score (nSPS) is 27.9. The molecular formula is C14H22OS. The van der Waals surface area contributed by atoms with Gasteiger partial charge in [-0.1, -0.05) is 26.2 Å². The SMILES string of the molecule is CCC1CCC(C(O)c2ccc(C)s2)CC1. The summed E-state index contributed by atoms with van der Waals surface area (Å²) >= 11 is 1.75. The summed E-state index contributed by atoms with van der Waals surface area (Å²) in [7, 11) is 0. The van der Waals surface area contributed by atoms with Crippen LogP contribution < -0.4 is 0 Å². The fraction of sp³-hybridized carbons (Fsp3) is 0.714. The average molecular weight is 238 g/mol. The monoisotopic (exact) mass is 238 g/mol. The summed E-state index contributed by atoms with van der Waals surface area (Å²) < 4.78 is 0. The van der Waals surface area contributed by atoms with Crippen molar-refractivity contribution in [3.8, 4) is 0 Å². The van der Waals surface area contributed by atoms with Gasteiger partial charge < -0.3 is 5.11 Å². The highest BCUT2D eigenvalue weighted by atomic mass is 32.1. The zero-order valence-corrected chi connectivity index (χ0v) is 11.1. The van der Waals surface area contributed by atoms with Gasteiger partial charge in [-0.25, -0.2) is 0 Å². The first-order chi connectivity index (χ1) is 7.70. The lowest BCUT2D eigenvalue weighted by Crippen LogP contribution is -2.19. The van der Waals surface area contributed by atoms with Crippen LogP contribution in [0, 0.1) is 18.8 Å². The van der Waals surface area contributed by atoms with E-state index in [0.29, 0.717) is 5.92 Å². The van der Waals surface area contributed by atoms with Gasteiger partial charge in [-0.05, 0) is 43.7 Å². The number of hydrogen-bond donors (Lipinski definition) is 1. The third-order valence-corrected chi connectivity index (χ3v) is 5.04. The highest BCUT2D eigenvalue weighted by Crippen LogP contribution is 2.39. The van der Waals surface area contributed by atoms with Crippen molar-refractivity contribution in [2.24, 2.45) is 11.8 Å². The quantitative estimate of drug-likeness (QED) is 0.832. The van der Waals surface area contributed by atoms with Crippen LogP contribution in [0.2, 0.25) is 0 Å². The summed E-state index contributed by atoms with van der Waals surface area (Å²) in [5, 5.41) is 10.3. The molecule has 2 rings (SSSR count). The smallest absolute Gasteiger partial charge is 0.0910 e. The molecular weight excluding hydrogens is 216 g/mol. The maximum Gasteiger partial charge on any atom is 0.0910 e. The van der Waals surface area contributed by atoms with Crippen LogP contribution in [0.15, 0.2) is 12.1 Å². The predicted molar refractivity (Wildman–Crippen MR) is 69.8 cm³/mol. The van der Waals surface area contributed by atoms with Gasteiger partial charge in [0.2, 0.25) is 0 Å². The molecule has 1 N–H and O–H groups in total. The van der Waals surface area contributed by atoms with E-state index in [1.807, 2.05) is 0 Å². The van der Waals surface area contributed by atoms with Crippen molar-refractivity contribution >= 4 is 11.3 Å². The molecule has 0 spiro atoms. The van der Waals surface area contributed by atoms with Gasteiger partial charge in [0.05, 0.1) is 6.10 Å². The Hall–Kier alpha value is -0.340. The fourth-order valence-electron chi connectivity index (χ4n) is 2.76. The minimum absolute atomic E-state index is 0.212. The zero-order chi connectivity index (χ0) is 11.5. The number of rotatable bonds is 3. The Morgan fingerprint density at radius 3 is 2.50 bits per heavy atom. The molecule has 0 amide bonds. The Labute approximate surface area is 103 Å². The fourth-order valence-corrected chi connectivity index (χ4v) is 3.71. The minimum Gasteiger partial charge on any atom is -0.387 e. The van der Waals surface area contributed by atoms with E-state index in [1.165, 1.54) is 37.0 Å². The largest absolute Gasteiger partial charge is 0.387 e. The summed E-state index contributed by atoms with van der Waals surface area (Å²) in [6.07, 6.45) is 6.12. The Balaban J connectivity index is 1.93. The van der Waals surface area contributed by atoms with E-state index < -0.39 is 0 Å². The Morgan fingerprint density at radius 2 is 2.00 bits per heavy atom. The first-order valence-electron chi connectivity index (χ1n) is 6.45. The molecule has 1 nitrogen and oxygen atoms in total. The van der Waals surface area contributed by atoms with Crippen molar-refractivity contribution in [1.82, 2.24) is 0 Å². The van der Waals surface area contributed by atoms with Crippen LogP contribution in [0.5, 0.6) is 0 Å². The van der Waals surface area contributed by atoms with Gasteiger partial charge in [-0.3, -0.25) is 0 Å². The van der Waals surface area contributed by atoms with E-state index >= 15 is 0 Å². The lowest BCUT2D eigenvalue weighted by atomic mass is 9.78. The molecule has 1 unspecified atom stereocenters. The van der Waals surface area contributed by atoms with Crippen molar-refractivity contribution in [1.29, 1.82) is 0 Å². The van der Waals surface area contributed by atoms with Crippen LogP contribution in [-0.2, 0) is 0 Å². The molecule has 16 heavy (non-hydrogen) atoms. The number of aliphatic hydroxyl groups is 1. The lowest BCUT2D eigenvalue weighted by molar-refractivity contribution is 0.0757. The Kier molecular flexibility index (Phi) is 4.04. The number of thiophene rings is 1. The summed E-state index contributed by atoms with van der Waals surface area (Å²) in [5.41, 5.74) is 0. The molecule has 1 heterocycles. The minimum atomic E-state index is -0.212. The predicted octanol–water partition coefficient (Wildman–Crippen LogP) is 4.31. The van der Waals surface area contributed by atoms with Gasteiger partial charge in [-0.15, -0.1) is 11.3 Å². The van der Waals surface area contributed by atoms with Gasteiger partial charge in [0.1, 0.15) is 0 Å². The molecule has 0 saturated heterocycles. The van der Waals surface area contributed by atoms with Crippen LogP contribution in [0.25, 0.3) is 0 Å². The van der Waals surface area contributed by atoms with Crippen LogP contribution >= 0.6 is 11.3 Å². The van der Waals surface area contributed by atoms with Crippen LogP contribution in [0.3, 0.4) is 0 Å². The van der Waals surface area contributed by atoms with E-state index in [4.69, 9.17) is 0 Å². The molecule has 1 aliphatic carbocycles. The van der Waals surface area contributed by atoms with Gasteiger partial charge >= 0.3 is 0 Å². The van der Waals surface area contributed by atoms with Gasteiger partial charge in [0.15, 0.2) is 0 Å². The molecule has 90 valence electrons. The molecule has 0 aliphatic heterocycles. The molecule has 0 bridgehead atoms. The molecule has 1 aromatic heterocycles. The second-order valence-electron chi connectivity index (χ2n) is 5.08. The van der Waals surface area contributed by atoms with Crippen molar-refractivity contribution in [2.75, 3.05) is 0 Å². The van der Waals surface area contributed by atoms with Crippen molar-refractivity contribution in [3.63, 3.8) is 0 Å². The number of hydrogen-bond acceptors (Lipinski definition) is 2. The first kappa shape index (κ1) is 12.1. The molecule has 1 aromatic rings. The molecule has 1 fully saturated rings. The van der Waals surface area contributed by atoms with E-state index in [-0.39, 0.29) is 6.10 Å². The molecule has 1 atom stereocenters. The molecule has 0 aromatic carbocycles. The van der Waals surface area contributed by atoms with Crippen molar-refractivity contribution in [2.45, 2.75) is 52.1 Å². The maximum absolute atomic E-state index is 10.3. The van der Waals surface area contributed by atoms with E-state index in [1.54, 1.807) is 11.3 Å². The second-order valence-corrected chi connectivity index (χ2v) is 6.40. The van der Waals surface area contributed by atoms with Crippen LogP contribution in [0.4, 0.5) is 0 Å². The number of aryl methyl sites for hydroxylation is 1. The van der Waals surface area contributed by atoms with E-state index in [9.17, 15) is 5.11 Å². The molecule has 1 saturated carbocycles. The summed E-state index contributed by atoms with van der Waals surface area (Å²) in [6, 6.07) is 4.21. The zero-order valence-electron chi connectivity index (χ0n) is 10.3. The third-order valence-electron chi connectivity index (χ3n) is 3.97. The van der Waals surface area contributed by atoms with Crippen LogP contribution in [-0.4, -0.2) is 5.11 Å². The third kappa shape index (κ3) is 2.67. The van der Waals surface area contributed by atoms with Gasteiger partial charge in [0, 0.05) is 9.75 Å². The second kappa shape index (κ2) is 5.33. The lowest BCUT2D eigenvalue weighted by Gasteiger charge is -2.30. The van der Waals surface area contributed by atoms with Crippen molar-refractivity contribution < 1.29 is 5.11 Å². The van der Waals surface area contributed by atoms with Crippen molar-refractivity contribution in [3.05, 3.63) is 21.9 Å². The topological polar surface area (TPSA) is 20.2 Å². The Morgan fingerprint density at radius 1 is 1.31 bits per heavy atom. The Bertz CT molecular complexity index is 323. The first-order valence-corrected chi connectivity index (χ1v) is 7.26.